The summed E-state index contributed by atoms with van der Waals surface area (Å²) >= 11 is 0. The monoisotopic (exact) mass is 248 g/mol. The number of nitrogens with zero attached hydrogens (tertiary/aromatic N) is 2. The van der Waals surface area contributed by atoms with Gasteiger partial charge in [0.15, 0.2) is 5.78 Å². The molecule has 0 aliphatic carbocycles. The number of pyridine rings is 1. The van der Waals surface area contributed by atoms with Gasteiger partial charge in [0.25, 0.3) is 0 Å². The third-order valence-corrected chi connectivity index (χ3v) is 3.15. The molecule has 1 saturated heterocycles. The van der Waals surface area contributed by atoms with E-state index >= 15 is 0 Å². The standard InChI is InChI=1S/C14H20N2O2/c1-2-6-16-7-8-18-14(11-16)13(17)9-12-4-3-5-15-10-12/h3-5,10,14H,2,6-9,11H2,1H3. The van der Waals surface area contributed by atoms with Crippen molar-refractivity contribution in [3.05, 3.63) is 30.1 Å². The molecule has 2 heterocycles. The number of ether oxygens (including phenoxy) is 1. The summed E-state index contributed by atoms with van der Waals surface area (Å²) in [6.07, 6.45) is 4.71. The van der Waals surface area contributed by atoms with E-state index in [9.17, 15) is 4.79 Å². The highest BCUT2D eigenvalue weighted by atomic mass is 16.5. The number of ketones is 1. The van der Waals surface area contributed by atoms with Crippen molar-refractivity contribution in [1.82, 2.24) is 9.88 Å². The third-order valence-electron chi connectivity index (χ3n) is 3.15. The molecule has 0 aromatic carbocycles. The fourth-order valence-electron chi connectivity index (χ4n) is 2.23. The van der Waals surface area contributed by atoms with Crippen LogP contribution in [0.2, 0.25) is 0 Å². The van der Waals surface area contributed by atoms with E-state index < -0.39 is 0 Å². The fraction of sp³-hybridized carbons (Fsp3) is 0.571. The van der Waals surface area contributed by atoms with Crippen LogP contribution in [0.3, 0.4) is 0 Å². The predicted octanol–water partition coefficient (Wildman–Crippen LogP) is 1.30. The highest BCUT2D eigenvalue weighted by molar-refractivity contribution is 5.85. The summed E-state index contributed by atoms with van der Waals surface area (Å²) in [6, 6.07) is 3.78. The van der Waals surface area contributed by atoms with E-state index in [0.717, 1.165) is 31.6 Å². The van der Waals surface area contributed by atoms with Crippen LogP contribution >= 0.6 is 0 Å². The largest absolute Gasteiger partial charge is 0.368 e. The van der Waals surface area contributed by atoms with Gasteiger partial charge in [-0.15, -0.1) is 0 Å². The van der Waals surface area contributed by atoms with Crippen LogP contribution in [-0.4, -0.2) is 48.0 Å². The van der Waals surface area contributed by atoms with Crippen LogP contribution in [0.4, 0.5) is 0 Å². The van der Waals surface area contributed by atoms with E-state index in [0.29, 0.717) is 13.0 Å². The van der Waals surface area contributed by atoms with Gasteiger partial charge in [0.1, 0.15) is 6.10 Å². The number of aromatic nitrogens is 1. The first-order valence-corrected chi connectivity index (χ1v) is 6.55. The summed E-state index contributed by atoms with van der Waals surface area (Å²) in [5.41, 5.74) is 0.957. The highest BCUT2D eigenvalue weighted by Gasteiger charge is 2.25. The van der Waals surface area contributed by atoms with E-state index in [-0.39, 0.29) is 11.9 Å². The first-order chi connectivity index (χ1) is 8.79. The summed E-state index contributed by atoms with van der Waals surface area (Å²) in [6.45, 7) is 5.52. The maximum Gasteiger partial charge on any atom is 0.167 e. The van der Waals surface area contributed by atoms with Gasteiger partial charge in [-0.3, -0.25) is 14.7 Å². The summed E-state index contributed by atoms with van der Waals surface area (Å²) in [4.78, 5) is 18.5. The lowest BCUT2D eigenvalue weighted by atomic mass is 10.1. The van der Waals surface area contributed by atoms with Crippen molar-refractivity contribution in [2.75, 3.05) is 26.2 Å². The molecule has 98 valence electrons. The molecule has 18 heavy (non-hydrogen) atoms. The summed E-state index contributed by atoms with van der Waals surface area (Å²) in [5, 5.41) is 0. The second-order valence-electron chi connectivity index (χ2n) is 4.66. The molecular formula is C14H20N2O2. The minimum atomic E-state index is -0.273. The molecule has 0 saturated carbocycles. The summed E-state index contributed by atoms with van der Waals surface area (Å²) in [5.74, 6) is 0.156. The molecule has 0 N–H and O–H groups in total. The zero-order chi connectivity index (χ0) is 12.8. The number of carbonyl (C=O) groups is 1. The van der Waals surface area contributed by atoms with Crippen molar-refractivity contribution in [2.45, 2.75) is 25.9 Å². The second-order valence-corrected chi connectivity index (χ2v) is 4.66. The van der Waals surface area contributed by atoms with Gasteiger partial charge in [-0.1, -0.05) is 13.0 Å². The van der Waals surface area contributed by atoms with E-state index in [2.05, 4.69) is 16.8 Å². The minimum absolute atomic E-state index is 0.156. The molecule has 1 aromatic rings. The number of rotatable bonds is 5. The maximum atomic E-state index is 12.1. The molecule has 4 nitrogen and oxygen atoms in total. The highest BCUT2D eigenvalue weighted by Crippen LogP contribution is 2.09. The van der Waals surface area contributed by atoms with Crippen LogP contribution in [-0.2, 0) is 16.0 Å². The Morgan fingerprint density at radius 2 is 2.50 bits per heavy atom. The van der Waals surface area contributed by atoms with E-state index in [1.165, 1.54) is 0 Å². The summed E-state index contributed by atoms with van der Waals surface area (Å²) in [7, 11) is 0. The quantitative estimate of drug-likeness (QED) is 0.788. The lowest BCUT2D eigenvalue weighted by molar-refractivity contribution is -0.135. The normalized spacial score (nSPS) is 20.8. The predicted molar refractivity (Wildman–Crippen MR) is 69.4 cm³/mol. The number of carbonyl (C=O) groups excluding carboxylic acids is 1. The van der Waals surface area contributed by atoms with Crippen molar-refractivity contribution >= 4 is 5.78 Å². The molecule has 1 aliphatic heterocycles. The zero-order valence-electron chi connectivity index (χ0n) is 10.8. The number of hydrogen-bond donors (Lipinski definition) is 0. The molecule has 1 unspecified atom stereocenters. The van der Waals surface area contributed by atoms with Crippen LogP contribution in [0.5, 0.6) is 0 Å². The Kier molecular flexibility index (Phi) is 4.84. The van der Waals surface area contributed by atoms with Gasteiger partial charge in [0.05, 0.1) is 6.61 Å². The Morgan fingerprint density at radius 1 is 1.61 bits per heavy atom. The number of hydrogen-bond acceptors (Lipinski definition) is 4. The zero-order valence-corrected chi connectivity index (χ0v) is 10.8. The smallest absolute Gasteiger partial charge is 0.167 e. The van der Waals surface area contributed by atoms with Gasteiger partial charge in [-0.25, -0.2) is 0 Å². The Hall–Kier alpha value is -1.26. The molecule has 0 radical (unpaired) electrons. The van der Waals surface area contributed by atoms with E-state index in [1.807, 2.05) is 12.1 Å². The molecule has 1 atom stereocenters. The van der Waals surface area contributed by atoms with Crippen molar-refractivity contribution in [2.24, 2.45) is 0 Å². The van der Waals surface area contributed by atoms with E-state index in [4.69, 9.17) is 4.74 Å². The molecule has 0 bridgehead atoms. The van der Waals surface area contributed by atoms with Gasteiger partial charge in [-0.2, -0.15) is 0 Å². The summed E-state index contributed by atoms with van der Waals surface area (Å²) < 4.78 is 5.58. The van der Waals surface area contributed by atoms with Crippen molar-refractivity contribution in [3.8, 4) is 0 Å². The first-order valence-electron chi connectivity index (χ1n) is 6.55. The Balaban J connectivity index is 1.88. The Labute approximate surface area is 108 Å². The van der Waals surface area contributed by atoms with Gasteiger partial charge >= 0.3 is 0 Å². The molecule has 2 rings (SSSR count). The van der Waals surface area contributed by atoms with Crippen LogP contribution in [0, 0.1) is 0 Å². The Bertz CT molecular complexity index is 379. The van der Waals surface area contributed by atoms with Gasteiger partial charge in [0, 0.05) is 31.9 Å². The molecule has 1 aromatic heterocycles. The molecule has 1 fully saturated rings. The molecule has 1 aliphatic rings. The molecule has 0 spiro atoms. The topological polar surface area (TPSA) is 42.4 Å². The van der Waals surface area contributed by atoms with E-state index in [1.54, 1.807) is 12.4 Å². The number of morpholine rings is 1. The van der Waals surface area contributed by atoms with Gasteiger partial charge in [-0.05, 0) is 24.6 Å². The molecule has 0 amide bonds. The Morgan fingerprint density at radius 3 is 3.22 bits per heavy atom. The lowest BCUT2D eigenvalue weighted by Crippen LogP contribution is -2.46. The maximum absolute atomic E-state index is 12.1. The van der Waals surface area contributed by atoms with Gasteiger partial charge < -0.3 is 4.74 Å². The van der Waals surface area contributed by atoms with Crippen LogP contribution in [0.15, 0.2) is 24.5 Å². The van der Waals surface area contributed by atoms with Crippen molar-refractivity contribution < 1.29 is 9.53 Å². The SMILES string of the molecule is CCCN1CCOC(C(=O)Cc2cccnc2)C1. The average molecular weight is 248 g/mol. The number of Topliss-reactive ketones (excluding diaryl/α,β-unsaturated/α-hetero) is 1. The first kappa shape index (κ1) is 13.2. The van der Waals surface area contributed by atoms with Crippen LogP contribution in [0.1, 0.15) is 18.9 Å². The minimum Gasteiger partial charge on any atom is -0.368 e. The second kappa shape index (κ2) is 6.61. The average Bonchev–Trinajstić information content (AvgIpc) is 2.40. The van der Waals surface area contributed by atoms with Crippen molar-refractivity contribution in [1.29, 1.82) is 0 Å². The van der Waals surface area contributed by atoms with Crippen molar-refractivity contribution in [3.63, 3.8) is 0 Å². The fourth-order valence-corrected chi connectivity index (χ4v) is 2.23. The third kappa shape index (κ3) is 3.62. The van der Waals surface area contributed by atoms with Crippen LogP contribution < -0.4 is 0 Å². The van der Waals surface area contributed by atoms with Crippen LogP contribution in [0.25, 0.3) is 0 Å². The van der Waals surface area contributed by atoms with Gasteiger partial charge in [0.2, 0.25) is 0 Å². The molecule has 4 heteroatoms. The molecular weight excluding hydrogens is 228 g/mol. The lowest BCUT2D eigenvalue weighted by Gasteiger charge is -2.31.